The zero-order valence-corrected chi connectivity index (χ0v) is 23.6. The average molecular weight is 535 g/mol. The molecule has 0 radical (unpaired) electrons. The lowest BCUT2D eigenvalue weighted by atomic mass is 10.0. The number of carbonyl (C=O) groups excluding carboxylic acids is 2. The van der Waals surface area contributed by atoms with Crippen molar-refractivity contribution in [2.75, 3.05) is 0 Å². The Kier molecular flexibility index (Phi) is 11.8. The third-order valence-corrected chi connectivity index (χ3v) is 7.46. The van der Waals surface area contributed by atoms with E-state index >= 15 is 0 Å². The first-order chi connectivity index (χ1) is 19.7. The van der Waals surface area contributed by atoms with Crippen LogP contribution in [0.4, 0.5) is 0 Å². The average Bonchev–Trinajstić information content (AvgIpc) is 3.02. The number of hydrogen-bond donors (Lipinski definition) is 0. The van der Waals surface area contributed by atoms with Crippen LogP contribution in [0.1, 0.15) is 96.1 Å². The lowest BCUT2D eigenvalue weighted by Crippen LogP contribution is -2.32. The molecule has 4 rings (SSSR count). The van der Waals surface area contributed by atoms with Crippen LogP contribution < -0.4 is 9.13 Å². The molecule has 0 aliphatic rings. The fourth-order valence-electron chi connectivity index (χ4n) is 5.03. The summed E-state index contributed by atoms with van der Waals surface area (Å²) in [6.45, 7) is 2.01. The molecule has 0 amide bonds. The standard InChI is InChI=1S/C36H42N2O2/c39-35(31-17-11-9-12-18-31)33-21-27-37(28-22-33)25-15-7-5-3-1-2-4-6-8-16-26-38-29-23-34(24-30-38)36(40)32-19-13-10-14-20-32/h9-14,17-24,27-30H,1-8,15-16,25-26H2/q+2. The first-order valence-corrected chi connectivity index (χ1v) is 14.9. The van der Waals surface area contributed by atoms with Crippen LogP contribution in [0, 0.1) is 0 Å². The fraction of sp³-hybridized carbons (Fsp3) is 0.333. The van der Waals surface area contributed by atoms with Gasteiger partial charge in [-0.05, 0) is 12.8 Å². The van der Waals surface area contributed by atoms with Crippen LogP contribution in [-0.2, 0) is 13.1 Å². The van der Waals surface area contributed by atoms with Crippen molar-refractivity contribution in [2.24, 2.45) is 0 Å². The molecule has 0 atom stereocenters. The highest BCUT2D eigenvalue weighted by molar-refractivity contribution is 6.09. The monoisotopic (exact) mass is 534 g/mol. The second-order valence-electron chi connectivity index (χ2n) is 10.6. The molecule has 4 heteroatoms. The molecule has 206 valence electrons. The Balaban J connectivity index is 0.986. The van der Waals surface area contributed by atoms with E-state index in [0.29, 0.717) is 0 Å². The Morgan fingerprint density at radius 2 is 0.650 bits per heavy atom. The van der Waals surface area contributed by atoms with Gasteiger partial charge in [0.2, 0.25) is 0 Å². The van der Waals surface area contributed by atoms with E-state index in [1.54, 1.807) is 0 Å². The Morgan fingerprint density at radius 3 is 0.975 bits per heavy atom. The van der Waals surface area contributed by atoms with Crippen molar-refractivity contribution in [2.45, 2.75) is 77.3 Å². The molecule has 0 spiro atoms. The van der Waals surface area contributed by atoms with Crippen molar-refractivity contribution in [3.8, 4) is 0 Å². The molecule has 2 heterocycles. The summed E-state index contributed by atoms with van der Waals surface area (Å²) in [6.07, 6.45) is 20.8. The minimum Gasteiger partial charge on any atom is -0.289 e. The normalized spacial score (nSPS) is 10.9. The molecule has 0 saturated carbocycles. The van der Waals surface area contributed by atoms with Gasteiger partial charge in [-0.1, -0.05) is 99.2 Å². The van der Waals surface area contributed by atoms with E-state index in [0.717, 1.165) is 35.3 Å². The number of ketones is 2. The van der Waals surface area contributed by atoms with E-state index in [1.807, 2.05) is 110 Å². The number of rotatable bonds is 17. The van der Waals surface area contributed by atoms with E-state index in [9.17, 15) is 9.59 Å². The van der Waals surface area contributed by atoms with Crippen LogP contribution in [0.5, 0.6) is 0 Å². The number of nitrogens with zero attached hydrogens (tertiary/aromatic N) is 2. The van der Waals surface area contributed by atoms with Crippen LogP contribution in [-0.4, -0.2) is 11.6 Å². The first-order valence-electron chi connectivity index (χ1n) is 14.9. The Bertz CT molecular complexity index is 1200. The fourth-order valence-corrected chi connectivity index (χ4v) is 5.03. The summed E-state index contributed by atoms with van der Waals surface area (Å²) in [4.78, 5) is 25.0. The molecule has 2 aromatic carbocycles. The lowest BCUT2D eigenvalue weighted by Gasteiger charge is -2.03. The van der Waals surface area contributed by atoms with Crippen LogP contribution in [0.2, 0.25) is 0 Å². The van der Waals surface area contributed by atoms with Gasteiger partial charge in [0.25, 0.3) is 0 Å². The van der Waals surface area contributed by atoms with Crippen molar-refractivity contribution in [3.63, 3.8) is 0 Å². The number of unbranched alkanes of at least 4 members (excludes halogenated alkanes) is 9. The molecular formula is C36H42N2O2+2. The molecule has 0 fully saturated rings. The largest absolute Gasteiger partial charge is 0.289 e. The minimum atomic E-state index is 0.0785. The van der Waals surface area contributed by atoms with Crippen molar-refractivity contribution in [1.29, 1.82) is 0 Å². The molecule has 0 unspecified atom stereocenters. The molecule has 2 aromatic heterocycles. The van der Waals surface area contributed by atoms with Gasteiger partial charge in [0.1, 0.15) is 13.1 Å². The molecule has 0 bridgehead atoms. The highest BCUT2D eigenvalue weighted by atomic mass is 16.1. The van der Waals surface area contributed by atoms with Crippen LogP contribution >= 0.6 is 0 Å². The van der Waals surface area contributed by atoms with E-state index in [2.05, 4.69) is 9.13 Å². The molecule has 0 N–H and O–H groups in total. The summed E-state index contributed by atoms with van der Waals surface area (Å²) in [5, 5.41) is 0. The van der Waals surface area contributed by atoms with Crippen molar-refractivity contribution in [3.05, 3.63) is 132 Å². The third kappa shape index (κ3) is 9.37. The van der Waals surface area contributed by atoms with Gasteiger partial charge in [-0.15, -0.1) is 0 Å². The Morgan fingerprint density at radius 1 is 0.375 bits per heavy atom. The number of pyridine rings is 2. The smallest absolute Gasteiger partial charge is 0.193 e. The molecule has 4 nitrogen and oxygen atoms in total. The topological polar surface area (TPSA) is 41.9 Å². The van der Waals surface area contributed by atoms with Crippen LogP contribution in [0.15, 0.2) is 110 Å². The summed E-state index contributed by atoms with van der Waals surface area (Å²) in [6, 6.07) is 26.6. The number of hydrogen-bond acceptors (Lipinski definition) is 2. The van der Waals surface area contributed by atoms with Crippen LogP contribution in [0.3, 0.4) is 0 Å². The van der Waals surface area contributed by atoms with E-state index < -0.39 is 0 Å². The first kappa shape index (κ1) is 29.1. The van der Waals surface area contributed by atoms with E-state index in [-0.39, 0.29) is 11.6 Å². The summed E-state index contributed by atoms with van der Waals surface area (Å²) >= 11 is 0. The van der Waals surface area contributed by atoms with Crippen molar-refractivity contribution >= 4 is 11.6 Å². The quantitative estimate of drug-likeness (QED) is 0.0809. The van der Waals surface area contributed by atoms with Gasteiger partial charge in [-0.3, -0.25) is 9.59 Å². The third-order valence-electron chi connectivity index (χ3n) is 7.46. The maximum absolute atomic E-state index is 12.5. The molecule has 4 aromatic rings. The zero-order chi connectivity index (χ0) is 27.8. The number of aryl methyl sites for hydroxylation is 2. The Hall–Kier alpha value is -3.92. The maximum Gasteiger partial charge on any atom is 0.193 e. The number of aromatic nitrogens is 2. The van der Waals surface area contributed by atoms with Crippen molar-refractivity contribution in [1.82, 2.24) is 0 Å². The van der Waals surface area contributed by atoms with Crippen LogP contribution in [0.25, 0.3) is 0 Å². The molecule has 0 aliphatic carbocycles. The van der Waals surface area contributed by atoms with Gasteiger partial charge in [0.05, 0.1) is 0 Å². The highest BCUT2D eigenvalue weighted by Crippen LogP contribution is 2.12. The van der Waals surface area contributed by atoms with Gasteiger partial charge in [0.15, 0.2) is 36.4 Å². The number of carbonyl (C=O) groups is 2. The highest BCUT2D eigenvalue weighted by Gasteiger charge is 2.11. The van der Waals surface area contributed by atoms with E-state index in [1.165, 1.54) is 64.2 Å². The summed E-state index contributed by atoms with van der Waals surface area (Å²) in [5.74, 6) is 0.157. The SMILES string of the molecule is O=C(c1ccccc1)c1cc[n+](CCCCCCCCCCCC[n+]2ccc(C(=O)c3ccccc3)cc2)cc1. The number of benzene rings is 2. The predicted molar refractivity (Wildman–Crippen MR) is 159 cm³/mol. The van der Waals surface area contributed by atoms with Gasteiger partial charge in [-0.25, -0.2) is 9.13 Å². The molecule has 0 saturated heterocycles. The van der Waals surface area contributed by atoms with Gasteiger partial charge >= 0.3 is 0 Å². The van der Waals surface area contributed by atoms with Gasteiger partial charge in [-0.2, -0.15) is 0 Å². The van der Waals surface area contributed by atoms with Crippen molar-refractivity contribution < 1.29 is 18.7 Å². The molecule has 0 aliphatic heterocycles. The Labute approximate surface area is 239 Å². The maximum atomic E-state index is 12.5. The predicted octanol–water partition coefficient (Wildman–Crippen LogP) is 7.32. The zero-order valence-electron chi connectivity index (χ0n) is 23.6. The van der Waals surface area contributed by atoms with E-state index in [4.69, 9.17) is 0 Å². The second kappa shape index (κ2) is 16.2. The second-order valence-corrected chi connectivity index (χ2v) is 10.6. The molecular weight excluding hydrogens is 492 g/mol. The lowest BCUT2D eigenvalue weighted by molar-refractivity contribution is -0.697. The minimum absolute atomic E-state index is 0.0785. The summed E-state index contributed by atoms with van der Waals surface area (Å²) in [5.41, 5.74) is 2.96. The van der Waals surface area contributed by atoms with Gasteiger partial charge < -0.3 is 0 Å². The molecule has 40 heavy (non-hydrogen) atoms. The summed E-state index contributed by atoms with van der Waals surface area (Å²) in [7, 11) is 0. The summed E-state index contributed by atoms with van der Waals surface area (Å²) < 4.78 is 4.36. The van der Waals surface area contributed by atoms with Gasteiger partial charge in [0, 0.05) is 59.4 Å².